The Morgan fingerprint density at radius 2 is 1.80 bits per heavy atom. The van der Waals surface area contributed by atoms with Crippen LogP contribution in [0.2, 0.25) is 0 Å². The van der Waals surface area contributed by atoms with Crippen LogP contribution in [0.3, 0.4) is 0 Å². The summed E-state index contributed by atoms with van der Waals surface area (Å²) in [6.45, 7) is 2.94. The second kappa shape index (κ2) is 10.4. The molecule has 1 aromatic heterocycles. The first-order chi connectivity index (χ1) is 12.1. The molecule has 0 radical (unpaired) electrons. The number of rotatable bonds is 11. The first-order valence-electron chi connectivity index (χ1n) is 8.84. The van der Waals surface area contributed by atoms with Gasteiger partial charge in [-0.2, -0.15) is 0 Å². The van der Waals surface area contributed by atoms with Crippen LogP contribution in [0.5, 0.6) is 11.5 Å². The van der Waals surface area contributed by atoms with E-state index in [0.29, 0.717) is 0 Å². The van der Waals surface area contributed by atoms with Gasteiger partial charge in [0.1, 0.15) is 11.5 Å². The molecule has 2 rings (SSSR count). The zero-order chi connectivity index (χ0) is 18.1. The van der Waals surface area contributed by atoms with Gasteiger partial charge in [0.15, 0.2) is 0 Å². The topological polar surface area (TPSA) is 64.7 Å². The summed E-state index contributed by atoms with van der Waals surface area (Å²) >= 11 is 1.79. The number of methoxy groups -OCH3 is 1. The van der Waals surface area contributed by atoms with E-state index in [9.17, 15) is 0 Å². The molecule has 0 aliphatic carbocycles. The summed E-state index contributed by atoms with van der Waals surface area (Å²) in [4.78, 5) is 2.58. The van der Waals surface area contributed by atoms with Crippen LogP contribution in [0.1, 0.15) is 42.0 Å². The first-order valence-corrected chi connectivity index (χ1v) is 9.66. The Kier molecular flexibility index (Phi) is 8.25. The minimum absolute atomic E-state index is 0.0271. The summed E-state index contributed by atoms with van der Waals surface area (Å²) in [7, 11) is 1.66. The molecule has 1 unspecified atom stereocenters. The largest absolute Gasteiger partial charge is 0.497 e. The molecular formula is C20H29NO3S. The molecule has 4 nitrogen and oxygen atoms in total. The summed E-state index contributed by atoms with van der Waals surface area (Å²) in [6.07, 6.45) is 4.00. The quantitative estimate of drug-likeness (QED) is 0.588. The number of hydrogen-bond donors (Lipinski definition) is 2. The fourth-order valence-electron chi connectivity index (χ4n) is 2.62. The molecular weight excluding hydrogens is 334 g/mol. The van der Waals surface area contributed by atoms with Gasteiger partial charge in [0, 0.05) is 22.4 Å². The van der Waals surface area contributed by atoms with E-state index in [1.165, 1.54) is 9.75 Å². The molecule has 138 valence electrons. The molecule has 0 bridgehead atoms. The van der Waals surface area contributed by atoms with Crippen molar-refractivity contribution in [2.24, 2.45) is 11.7 Å². The summed E-state index contributed by atoms with van der Waals surface area (Å²) in [6, 6.07) is 12.0. The smallest absolute Gasteiger partial charge is 0.119 e. The molecule has 3 N–H and O–H groups in total. The lowest BCUT2D eigenvalue weighted by atomic mass is 10.0. The van der Waals surface area contributed by atoms with Gasteiger partial charge in [0.25, 0.3) is 0 Å². The monoisotopic (exact) mass is 363 g/mol. The van der Waals surface area contributed by atoms with Gasteiger partial charge in [0.05, 0.1) is 13.7 Å². The van der Waals surface area contributed by atoms with Crippen molar-refractivity contribution in [3.63, 3.8) is 0 Å². The van der Waals surface area contributed by atoms with Crippen molar-refractivity contribution in [3.8, 4) is 11.5 Å². The number of aliphatic hydroxyl groups is 1. The number of benzene rings is 1. The zero-order valence-corrected chi connectivity index (χ0v) is 15.9. The fraction of sp³-hybridized carbons (Fsp3) is 0.500. The third kappa shape index (κ3) is 6.69. The predicted octanol–water partition coefficient (Wildman–Crippen LogP) is 4.18. The maximum absolute atomic E-state index is 9.14. The molecule has 2 aromatic rings. The molecule has 0 aliphatic heterocycles. The fourth-order valence-corrected chi connectivity index (χ4v) is 3.68. The molecule has 1 aromatic carbocycles. The lowest BCUT2D eigenvalue weighted by Crippen LogP contribution is -2.14. The summed E-state index contributed by atoms with van der Waals surface area (Å²) < 4.78 is 10.9. The maximum atomic E-state index is 9.14. The van der Waals surface area contributed by atoms with Gasteiger partial charge in [-0.05, 0) is 68.0 Å². The molecule has 0 amide bonds. The highest BCUT2D eigenvalue weighted by molar-refractivity contribution is 7.12. The van der Waals surface area contributed by atoms with E-state index >= 15 is 0 Å². The van der Waals surface area contributed by atoms with Gasteiger partial charge in [0.2, 0.25) is 0 Å². The number of unbranched alkanes of at least 4 members (excludes halogenated alkanes) is 1. The Morgan fingerprint density at radius 1 is 1.08 bits per heavy atom. The van der Waals surface area contributed by atoms with Crippen molar-refractivity contribution < 1.29 is 14.6 Å². The second-order valence-electron chi connectivity index (χ2n) is 6.42. The SMILES string of the molecule is COc1ccc(OCCCCc2ccc(C(N)C[C@@H](C)CO)s2)cc1. The average molecular weight is 364 g/mol. The van der Waals surface area contributed by atoms with Crippen LogP contribution < -0.4 is 15.2 Å². The molecule has 0 saturated heterocycles. The van der Waals surface area contributed by atoms with Crippen molar-refractivity contribution in [2.45, 2.75) is 38.6 Å². The van der Waals surface area contributed by atoms with E-state index in [0.717, 1.165) is 43.8 Å². The van der Waals surface area contributed by atoms with Crippen LogP contribution in [-0.2, 0) is 6.42 Å². The van der Waals surface area contributed by atoms with Gasteiger partial charge >= 0.3 is 0 Å². The number of hydrogen-bond acceptors (Lipinski definition) is 5. The highest BCUT2D eigenvalue weighted by Crippen LogP contribution is 2.27. The maximum Gasteiger partial charge on any atom is 0.119 e. The van der Waals surface area contributed by atoms with Crippen LogP contribution in [0.25, 0.3) is 0 Å². The summed E-state index contributed by atoms with van der Waals surface area (Å²) in [5.41, 5.74) is 6.22. The summed E-state index contributed by atoms with van der Waals surface area (Å²) in [5, 5.41) is 9.14. The van der Waals surface area contributed by atoms with Crippen molar-refractivity contribution in [2.75, 3.05) is 20.3 Å². The van der Waals surface area contributed by atoms with Crippen molar-refractivity contribution in [1.82, 2.24) is 0 Å². The van der Waals surface area contributed by atoms with Gasteiger partial charge in [-0.25, -0.2) is 0 Å². The van der Waals surface area contributed by atoms with E-state index in [2.05, 4.69) is 12.1 Å². The molecule has 5 heteroatoms. The van der Waals surface area contributed by atoms with Crippen LogP contribution in [-0.4, -0.2) is 25.4 Å². The zero-order valence-electron chi connectivity index (χ0n) is 15.1. The molecule has 0 aliphatic rings. The Bertz CT molecular complexity index is 612. The van der Waals surface area contributed by atoms with Crippen LogP contribution >= 0.6 is 11.3 Å². The predicted molar refractivity (Wildman–Crippen MR) is 104 cm³/mol. The number of ether oxygens (including phenoxy) is 2. The lowest BCUT2D eigenvalue weighted by molar-refractivity contribution is 0.224. The van der Waals surface area contributed by atoms with Gasteiger partial charge < -0.3 is 20.3 Å². The van der Waals surface area contributed by atoms with Crippen molar-refractivity contribution in [1.29, 1.82) is 0 Å². The Balaban J connectivity index is 1.66. The van der Waals surface area contributed by atoms with E-state index in [4.69, 9.17) is 20.3 Å². The van der Waals surface area contributed by atoms with Gasteiger partial charge in [-0.3, -0.25) is 0 Å². The minimum atomic E-state index is 0.0271. The highest BCUT2D eigenvalue weighted by Gasteiger charge is 2.12. The van der Waals surface area contributed by atoms with Gasteiger partial charge in [-0.15, -0.1) is 11.3 Å². The first kappa shape index (κ1) is 19.8. The average Bonchev–Trinajstić information content (AvgIpc) is 3.11. The van der Waals surface area contributed by atoms with Crippen molar-refractivity contribution in [3.05, 3.63) is 46.2 Å². The number of nitrogens with two attached hydrogens (primary N) is 1. The molecule has 25 heavy (non-hydrogen) atoms. The minimum Gasteiger partial charge on any atom is -0.497 e. The Labute approximate surface area is 154 Å². The standard InChI is InChI=1S/C20H29NO3S/c1-15(14-22)13-19(21)20-11-10-18(25-20)5-3-4-12-24-17-8-6-16(23-2)7-9-17/h6-11,15,19,22H,3-5,12-14,21H2,1-2H3/t15-,19?/m1/s1. The number of aryl methyl sites for hydroxylation is 1. The Morgan fingerprint density at radius 3 is 2.48 bits per heavy atom. The van der Waals surface area contributed by atoms with Gasteiger partial charge in [-0.1, -0.05) is 6.92 Å². The Hall–Kier alpha value is -1.56. The second-order valence-corrected chi connectivity index (χ2v) is 7.62. The molecule has 0 fully saturated rings. The van der Waals surface area contributed by atoms with E-state index in [-0.39, 0.29) is 18.6 Å². The summed E-state index contributed by atoms with van der Waals surface area (Å²) in [5.74, 6) is 1.96. The number of aliphatic hydroxyl groups excluding tert-OH is 1. The normalized spacial score (nSPS) is 13.4. The van der Waals surface area contributed by atoms with E-state index in [1.54, 1.807) is 18.4 Å². The molecule has 1 heterocycles. The molecule has 0 saturated carbocycles. The van der Waals surface area contributed by atoms with E-state index < -0.39 is 0 Å². The third-order valence-electron chi connectivity index (χ3n) is 4.16. The van der Waals surface area contributed by atoms with Crippen LogP contribution in [0.4, 0.5) is 0 Å². The van der Waals surface area contributed by atoms with Crippen molar-refractivity contribution >= 4 is 11.3 Å². The van der Waals surface area contributed by atoms with E-state index in [1.807, 2.05) is 31.2 Å². The molecule has 0 spiro atoms. The highest BCUT2D eigenvalue weighted by atomic mass is 32.1. The molecule has 2 atom stereocenters. The lowest BCUT2D eigenvalue weighted by Gasteiger charge is -2.13. The van der Waals surface area contributed by atoms with Crippen LogP contribution in [0.15, 0.2) is 36.4 Å². The van der Waals surface area contributed by atoms with Crippen LogP contribution in [0, 0.1) is 5.92 Å². The number of thiophene rings is 1. The third-order valence-corrected chi connectivity index (χ3v) is 5.44.